The van der Waals surface area contributed by atoms with E-state index in [0.29, 0.717) is 22.1 Å². The maximum Gasteiger partial charge on any atom is 0.419 e. The van der Waals surface area contributed by atoms with Gasteiger partial charge in [0.25, 0.3) is 0 Å². The summed E-state index contributed by atoms with van der Waals surface area (Å²) < 4.78 is 6.56. The number of benzene rings is 1. The third-order valence-corrected chi connectivity index (χ3v) is 3.71. The molecular weight excluding hydrogens is 328 g/mol. The van der Waals surface area contributed by atoms with E-state index in [1.54, 1.807) is 18.2 Å². The molecule has 0 fully saturated rings. The summed E-state index contributed by atoms with van der Waals surface area (Å²) in [7, 11) is 0. The van der Waals surface area contributed by atoms with Crippen molar-refractivity contribution in [2.75, 3.05) is 6.54 Å². The number of oxazole rings is 1. The van der Waals surface area contributed by atoms with Crippen LogP contribution < -0.4 is 21.9 Å². The Morgan fingerprint density at radius 3 is 2.79 bits per heavy atom. The number of nitrogens with one attached hydrogen (secondary N) is 3. The number of aromatic nitrogens is 1. The summed E-state index contributed by atoms with van der Waals surface area (Å²) in [4.78, 5) is 23.7. The second-order valence-corrected chi connectivity index (χ2v) is 6.26. The van der Waals surface area contributed by atoms with Crippen LogP contribution in [0.1, 0.15) is 26.7 Å². The zero-order valence-corrected chi connectivity index (χ0v) is 14.6. The number of carbonyl (C=O) groups excluding carboxylic acids is 1. The molecule has 1 heterocycles. The molecule has 0 saturated carbocycles. The van der Waals surface area contributed by atoms with Gasteiger partial charge in [-0.3, -0.25) is 20.2 Å². The van der Waals surface area contributed by atoms with Crippen molar-refractivity contribution in [3.63, 3.8) is 0 Å². The SMILES string of the molecule is CC(C)CCNC(=S)NNC(=O)CCn1c(=O)oc2ccccc21. The molecule has 0 atom stereocenters. The average Bonchev–Trinajstić information content (AvgIpc) is 2.86. The number of thiocarbonyl (C=S) groups is 1. The van der Waals surface area contributed by atoms with Gasteiger partial charge in [0.1, 0.15) is 0 Å². The number of carbonyl (C=O) groups is 1. The number of hydrogen-bond acceptors (Lipinski definition) is 4. The monoisotopic (exact) mass is 350 g/mol. The van der Waals surface area contributed by atoms with Gasteiger partial charge in [-0.15, -0.1) is 0 Å². The van der Waals surface area contributed by atoms with Crippen LogP contribution in [0.25, 0.3) is 11.1 Å². The van der Waals surface area contributed by atoms with Crippen LogP contribution in [-0.2, 0) is 11.3 Å². The zero-order valence-electron chi connectivity index (χ0n) is 13.8. The van der Waals surface area contributed by atoms with Crippen LogP contribution in [0, 0.1) is 5.92 Å². The third-order valence-electron chi connectivity index (χ3n) is 3.46. The number of amides is 1. The summed E-state index contributed by atoms with van der Waals surface area (Å²) in [6.07, 6.45) is 1.12. The molecule has 0 radical (unpaired) electrons. The van der Waals surface area contributed by atoms with E-state index < -0.39 is 5.76 Å². The molecule has 0 saturated heterocycles. The van der Waals surface area contributed by atoms with E-state index in [4.69, 9.17) is 16.6 Å². The van der Waals surface area contributed by atoms with Gasteiger partial charge < -0.3 is 9.73 Å². The highest BCUT2D eigenvalue weighted by atomic mass is 32.1. The van der Waals surface area contributed by atoms with E-state index >= 15 is 0 Å². The van der Waals surface area contributed by atoms with Crippen molar-refractivity contribution in [2.45, 2.75) is 33.2 Å². The van der Waals surface area contributed by atoms with Crippen LogP contribution in [0.5, 0.6) is 0 Å². The summed E-state index contributed by atoms with van der Waals surface area (Å²) in [5.74, 6) is -0.152. The number of nitrogens with zero attached hydrogens (tertiary/aromatic N) is 1. The van der Waals surface area contributed by atoms with Crippen molar-refractivity contribution in [2.24, 2.45) is 5.92 Å². The number of fused-ring (bicyclic) bond motifs is 1. The third kappa shape index (κ3) is 5.09. The number of aryl methyl sites for hydroxylation is 1. The van der Waals surface area contributed by atoms with Crippen LogP contribution in [-0.4, -0.2) is 22.1 Å². The van der Waals surface area contributed by atoms with Crippen molar-refractivity contribution in [3.8, 4) is 0 Å². The normalized spacial score (nSPS) is 10.8. The molecule has 7 nitrogen and oxygen atoms in total. The van der Waals surface area contributed by atoms with Crippen LogP contribution in [0.4, 0.5) is 0 Å². The predicted molar refractivity (Wildman–Crippen MR) is 96.4 cm³/mol. The molecule has 0 aliphatic heterocycles. The Morgan fingerprint density at radius 1 is 1.29 bits per heavy atom. The Bertz CT molecular complexity index is 766. The average molecular weight is 350 g/mol. The number of para-hydroxylation sites is 2. The molecule has 2 rings (SSSR count). The van der Waals surface area contributed by atoms with E-state index in [1.165, 1.54) is 4.57 Å². The molecule has 1 amide bonds. The van der Waals surface area contributed by atoms with E-state index in [-0.39, 0.29) is 18.9 Å². The molecule has 0 spiro atoms. The molecule has 24 heavy (non-hydrogen) atoms. The van der Waals surface area contributed by atoms with E-state index in [1.807, 2.05) is 6.07 Å². The molecule has 0 unspecified atom stereocenters. The molecule has 0 bridgehead atoms. The number of hydrazine groups is 1. The van der Waals surface area contributed by atoms with Crippen LogP contribution in [0.15, 0.2) is 33.5 Å². The van der Waals surface area contributed by atoms with Crippen molar-refractivity contribution >= 4 is 34.3 Å². The molecule has 1 aromatic heterocycles. The van der Waals surface area contributed by atoms with Gasteiger partial charge in [-0.1, -0.05) is 26.0 Å². The van der Waals surface area contributed by atoms with Crippen LogP contribution in [0.2, 0.25) is 0 Å². The standard InChI is InChI=1S/C16H22N4O3S/c1-11(2)7-9-17-15(24)19-18-14(21)8-10-20-12-5-3-4-6-13(12)23-16(20)22/h3-6,11H,7-10H2,1-2H3,(H,18,21)(H2,17,19,24). The van der Waals surface area contributed by atoms with Gasteiger partial charge >= 0.3 is 5.76 Å². The highest BCUT2D eigenvalue weighted by Gasteiger charge is 2.10. The summed E-state index contributed by atoms with van der Waals surface area (Å²) in [5.41, 5.74) is 6.35. The first kappa shape index (κ1) is 18.0. The molecule has 0 aliphatic carbocycles. The van der Waals surface area contributed by atoms with Crippen molar-refractivity contribution in [3.05, 3.63) is 34.8 Å². The summed E-state index contributed by atoms with van der Waals surface area (Å²) in [5, 5.41) is 3.38. The lowest BCUT2D eigenvalue weighted by atomic mass is 10.1. The minimum absolute atomic E-state index is 0.130. The Balaban J connectivity index is 1.78. The molecule has 1 aromatic carbocycles. The van der Waals surface area contributed by atoms with E-state index in [9.17, 15) is 9.59 Å². The van der Waals surface area contributed by atoms with Gasteiger partial charge in [0.2, 0.25) is 5.91 Å². The lowest BCUT2D eigenvalue weighted by Gasteiger charge is -2.12. The topological polar surface area (TPSA) is 88.3 Å². The molecule has 2 aromatic rings. The highest BCUT2D eigenvalue weighted by Crippen LogP contribution is 2.11. The molecule has 130 valence electrons. The second-order valence-electron chi connectivity index (χ2n) is 5.85. The lowest BCUT2D eigenvalue weighted by molar-refractivity contribution is -0.121. The maximum atomic E-state index is 11.9. The fraction of sp³-hybridized carbons (Fsp3) is 0.438. The molecule has 8 heteroatoms. The summed E-state index contributed by atoms with van der Waals surface area (Å²) in [6, 6.07) is 7.11. The minimum Gasteiger partial charge on any atom is -0.408 e. The van der Waals surface area contributed by atoms with E-state index in [0.717, 1.165) is 13.0 Å². The zero-order chi connectivity index (χ0) is 17.5. The Hall–Kier alpha value is -2.35. The first-order chi connectivity index (χ1) is 11.5. The Labute approximate surface area is 145 Å². The first-order valence-electron chi connectivity index (χ1n) is 7.88. The van der Waals surface area contributed by atoms with Crippen molar-refractivity contribution in [1.29, 1.82) is 0 Å². The minimum atomic E-state index is -0.470. The smallest absolute Gasteiger partial charge is 0.408 e. The molecule has 3 N–H and O–H groups in total. The maximum absolute atomic E-state index is 11.9. The van der Waals surface area contributed by atoms with Crippen molar-refractivity contribution in [1.82, 2.24) is 20.7 Å². The van der Waals surface area contributed by atoms with Crippen LogP contribution in [0.3, 0.4) is 0 Å². The van der Waals surface area contributed by atoms with Gasteiger partial charge in [-0.05, 0) is 36.7 Å². The van der Waals surface area contributed by atoms with Gasteiger partial charge in [0.05, 0.1) is 5.52 Å². The highest BCUT2D eigenvalue weighted by molar-refractivity contribution is 7.80. The quantitative estimate of drug-likeness (QED) is 0.541. The fourth-order valence-electron chi connectivity index (χ4n) is 2.15. The van der Waals surface area contributed by atoms with Gasteiger partial charge in [-0.2, -0.15) is 0 Å². The Morgan fingerprint density at radius 2 is 2.04 bits per heavy atom. The van der Waals surface area contributed by atoms with E-state index in [2.05, 4.69) is 30.0 Å². The predicted octanol–water partition coefficient (Wildman–Crippen LogP) is 1.53. The summed E-state index contributed by atoms with van der Waals surface area (Å²) in [6.45, 7) is 5.23. The van der Waals surface area contributed by atoms with Crippen molar-refractivity contribution < 1.29 is 9.21 Å². The largest absolute Gasteiger partial charge is 0.419 e. The fourth-order valence-corrected chi connectivity index (χ4v) is 2.30. The molecular formula is C16H22N4O3S. The van der Waals surface area contributed by atoms with Gasteiger partial charge in [-0.25, -0.2) is 4.79 Å². The summed E-state index contributed by atoms with van der Waals surface area (Å²) >= 11 is 5.07. The van der Waals surface area contributed by atoms with Gasteiger partial charge in [0.15, 0.2) is 10.7 Å². The molecule has 0 aliphatic rings. The Kier molecular flexibility index (Phi) is 6.36. The second kappa shape index (κ2) is 8.49. The van der Waals surface area contributed by atoms with Crippen LogP contribution >= 0.6 is 12.2 Å². The number of hydrogen-bond donors (Lipinski definition) is 3. The lowest BCUT2D eigenvalue weighted by Crippen LogP contribution is -2.47. The van der Waals surface area contributed by atoms with Gasteiger partial charge in [0, 0.05) is 19.5 Å². The number of rotatable bonds is 6. The first-order valence-corrected chi connectivity index (χ1v) is 8.29.